The first-order valence-corrected chi connectivity index (χ1v) is 10.7. The van der Waals surface area contributed by atoms with E-state index in [-0.39, 0.29) is 23.0 Å². The molecule has 0 aliphatic carbocycles. The monoisotopic (exact) mass is 390 g/mol. The number of nitrogens with one attached hydrogen (secondary N) is 2. The molecule has 0 unspecified atom stereocenters. The van der Waals surface area contributed by atoms with E-state index in [0.29, 0.717) is 30.1 Å². The predicted molar refractivity (Wildman–Crippen MR) is 107 cm³/mol. The molecule has 146 valence electrons. The van der Waals surface area contributed by atoms with Crippen molar-refractivity contribution >= 4 is 26.8 Å². The summed E-state index contributed by atoms with van der Waals surface area (Å²) in [4.78, 5) is 14.1. The van der Waals surface area contributed by atoms with Gasteiger partial charge in [-0.25, -0.2) is 4.79 Å². The van der Waals surface area contributed by atoms with Crippen LogP contribution in [0.25, 0.3) is 4.91 Å². The Morgan fingerprint density at radius 3 is 2.41 bits per heavy atom. The van der Waals surface area contributed by atoms with Crippen LogP contribution in [-0.2, 0) is 10.0 Å². The minimum Gasteiger partial charge on any atom is -0.356 e. The van der Waals surface area contributed by atoms with Crippen molar-refractivity contribution in [3.05, 3.63) is 41.5 Å². The lowest BCUT2D eigenvalue weighted by atomic mass is 10.0. The number of benzene rings is 1. The zero-order valence-corrected chi connectivity index (χ0v) is 16.7. The highest BCUT2D eigenvalue weighted by molar-refractivity contribution is 8.00. The fourth-order valence-electron chi connectivity index (χ4n) is 3.50. The van der Waals surface area contributed by atoms with Crippen molar-refractivity contribution in [3.63, 3.8) is 0 Å². The molecule has 1 saturated heterocycles. The summed E-state index contributed by atoms with van der Waals surface area (Å²) in [5, 5.41) is 5.80. The van der Waals surface area contributed by atoms with Crippen LogP contribution in [0, 0.1) is 0 Å². The zero-order chi connectivity index (χ0) is 19.6. The summed E-state index contributed by atoms with van der Waals surface area (Å²) in [7, 11) is -3.69. The molecule has 2 aliphatic rings. The molecule has 0 radical (unpaired) electrons. The molecule has 27 heavy (non-hydrogen) atoms. The molecule has 0 bridgehead atoms. The van der Waals surface area contributed by atoms with Crippen LogP contribution in [0.15, 0.2) is 40.3 Å². The van der Waals surface area contributed by atoms with E-state index in [2.05, 4.69) is 15.0 Å². The fourth-order valence-corrected chi connectivity index (χ4v) is 4.98. The topological polar surface area (TPSA) is 90.9 Å². The number of nitrogens with zero attached hydrogens (tertiary/aromatic N) is 2. The summed E-state index contributed by atoms with van der Waals surface area (Å²) in [5.74, 6) is 0.527. The van der Waals surface area contributed by atoms with Gasteiger partial charge in [0.2, 0.25) is 0 Å². The lowest BCUT2D eigenvalue weighted by Crippen LogP contribution is -2.50. The molecule has 0 saturated carbocycles. The standard InChI is InChI=1S/C19H26N4O3S/c1-13(2)20-19(24)21-16-9-11-23(12-10-16)18-14(3)17(27(25,26)22-18)15-7-5-4-6-8-15/h4-8,13,16H,9-12H2,1-3H3,(H2,20,21,24). The van der Waals surface area contributed by atoms with Crippen molar-refractivity contribution in [1.29, 1.82) is 0 Å². The van der Waals surface area contributed by atoms with Crippen LogP contribution in [0.4, 0.5) is 4.79 Å². The van der Waals surface area contributed by atoms with Crippen LogP contribution in [0.2, 0.25) is 0 Å². The Morgan fingerprint density at radius 2 is 1.81 bits per heavy atom. The third-order valence-electron chi connectivity index (χ3n) is 4.73. The van der Waals surface area contributed by atoms with E-state index < -0.39 is 10.0 Å². The Balaban J connectivity index is 1.70. The third kappa shape index (κ3) is 4.32. The molecule has 0 spiro atoms. The van der Waals surface area contributed by atoms with Gasteiger partial charge in [-0.15, -0.1) is 4.40 Å². The van der Waals surface area contributed by atoms with Gasteiger partial charge in [-0.2, -0.15) is 8.42 Å². The van der Waals surface area contributed by atoms with E-state index in [9.17, 15) is 13.2 Å². The molecule has 1 aromatic rings. The minimum atomic E-state index is -3.69. The summed E-state index contributed by atoms with van der Waals surface area (Å²) >= 11 is 0. The van der Waals surface area contributed by atoms with Gasteiger partial charge < -0.3 is 15.5 Å². The highest BCUT2D eigenvalue weighted by atomic mass is 32.2. The minimum absolute atomic E-state index is 0.0801. The van der Waals surface area contributed by atoms with Gasteiger partial charge in [0.15, 0.2) is 0 Å². The number of hydrogen-bond acceptors (Lipinski definition) is 4. The third-order valence-corrected chi connectivity index (χ3v) is 6.20. The molecule has 2 amide bonds. The Morgan fingerprint density at radius 1 is 1.19 bits per heavy atom. The van der Waals surface area contributed by atoms with Crippen LogP contribution >= 0.6 is 0 Å². The zero-order valence-electron chi connectivity index (χ0n) is 15.9. The Kier molecular flexibility index (Phi) is 5.55. The lowest BCUT2D eigenvalue weighted by molar-refractivity contribution is 0.224. The number of amidine groups is 1. The highest BCUT2D eigenvalue weighted by Gasteiger charge is 2.34. The molecule has 3 rings (SSSR count). The molecule has 7 nitrogen and oxygen atoms in total. The van der Waals surface area contributed by atoms with Gasteiger partial charge in [0, 0.05) is 30.7 Å². The maximum atomic E-state index is 12.6. The normalized spacial score (nSPS) is 20.0. The van der Waals surface area contributed by atoms with Crippen molar-refractivity contribution < 1.29 is 13.2 Å². The summed E-state index contributed by atoms with van der Waals surface area (Å²) in [6, 6.07) is 9.09. The highest BCUT2D eigenvalue weighted by Crippen LogP contribution is 2.34. The summed E-state index contributed by atoms with van der Waals surface area (Å²) in [5.41, 5.74) is 1.35. The van der Waals surface area contributed by atoms with Gasteiger partial charge in [0.25, 0.3) is 10.0 Å². The lowest BCUT2D eigenvalue weighted by Gasteiger charge is -2.34. The molecule has 1 fully saturated rings. The average Bonchev–Trinajstić information content (AvgIpc) is 2.84. The Hall–Kier alpha value is -2.35. The first kappa shape index (κ1) is 19.4. The van der Waals surface area contributed by atoms with E-state index in [1.807, 2.05) is 43.9 Å². The van der Waals surface area contributed by atoms with E-state index in [0.717, 1.165) is 12.8 Å². The molecule has 2 aliphatic heterocycles. The Labute approximate surface area is 160 Å². The molecule has 2 N–H and O–H groups in total. The van der Waals surface area contributed by atoms with Gasteiger partial charge >= 0.3 is 6.03 Å². The maximum absolute atomic E-state index is 12.6. The van der Waals surface area contributed by atoms with Crippen LogP contribution in [0.5, 0.6) is 0 Å². The molecule has 0 aromatic heterocycles. The number of carbonyl (C=O) groups excluding carboxylic acids is 1. The van der Waals surface area contributed by atoms with Gasteiger partial charge in [-0.05, 0) is 39.2 Å². The van der Waals surface area contributed by atoms with Crippen LogP contribution in [0.1, 0.15) is 39.2 Å². The number of rotatable bonds is 3. The van der Waals surface area contributed by atoms with E-state index in [1.165, 1.54) is 0 Å². The summed E-state index contributed by atoms with van der Waals surface area (Å²) < 4.78 is 29.3. The first-order chi connectivity index (χ1) is 12.8. The largest absolute Gasteiger partial charge is 0.356 e. The number of hydrogen-bond donors (Lipinski definition) is 2. The van der Waals surface area contributed by atoms with Crippen LogP contribution in [-0.4, -0.2) is 50.4 Å². The van der Waals surface area contributed by atoms with Crippen molar-refractivity contribution in [1.82, 2.24) is 15.5 Å². The van der Waals surface area contributed by atoms with Gasteiger partial charge in [0.1, 0.15) is 10.7 Å². The smallest absolute Gasteiger partial charge is 0.315 e. The second-order valence-electron chi connectivity index (χ2n) is 7.24. The second-order valence-corrected chi connectivity index (χ2v) is 8.78. The van der Waals surface area contributed by atoms with Gasteiger partial charge in [-0.1, -0.05) is 30.3 Å². The van der Waals surface area contributed by atoms with Gasteiger partial charge in [-0.3, -0.25) is 0 Å². The van der Waals surface area contributed by atoms with Crippen molar-refractivity contribution in [2.24, 2.45) is 4.40 Å². The molecular formula is C19H26N4O3S. The molecular weight excluding hydrogens is 364 g/mol. The SMILES string of the molecule is CC1=C(c2ccccc2)S(=O)(=O)N=C1N1CCC(NC(=O)NC(C)C)CC1. The Bertz CT molecular complexity index is 867. The quantitative estimate of drug-likeness (QED) is 0.829. The first-order valence-electron chi connectivity index (χ1n) is 9.21. The van der Waals surface area contributed by atoms with E-state index >= 15 is 0 Å². The summed E-state index contributed by atoms with van der Waals surface area (Å²) in [6.07, 6.45) is 1.50. The summed E-state index contributed by atoms with van der Waals surface area (Å²) in [6.45, 7) is 6.95. The maximum Gasteiger partial charge on any atom is 0.315 e. The molecule has 2 heterocycles. The number of sulfonamides is 1. The fraction of sp³-hybridized carbons (Fsp3) is 0.474. The van der Waals surface area contributed by atoms with Gasteiger partial charge in [0.05, 0.1) is 0 Å². The van der Waals surface area contributed by atoms with E-state index in [4.69, 9.17) is 0 Å². The van der Waals surface area contributed by atoms with Crippen LogP contribution in [0.3, 0.4) is 0 Å². The van der Waals surface area contributed by atoms with Crippen molar-refractivity contribution in [2.45, 2.75) is 45.7 Å². The number of urea groups is 1. The molecule has 8 heteroatoms. The van der Waals surface area contributed by atoms with Crippen molar-refractivity contribution in [3.8, 4) is 0 Å². The average molecular weight is 391 g/mol. The number of likely N-dealkylation sites (tertiary alicyclic amines) is 1. The van der Waals surface area contributed by atoms with Crippen molar-refractivity contribution in [2.75, 3.05) is 13.1 Å². The number of piperidine rings is 1. The predicted octanol–water partition coefficient (Wildman–Crippen LogP) is 2.33. The number of amides is 2. The molecule has 0 atom stereocenters. The van der Waals surface area contributed by atoms with E-state index in [1.54, 1.807) is 12.1 Å². The number of carbonyl (C=O) groups is 1. The molecule has 1 aromatic carbocycles. The second kappa shape index (κ2) is 7.72. The van der Waals surface area contributed by atoms with Crippen LogP contribution < -0.4 is 10.6 Å².